The zero-order valence-corrected chi connectivity index (χ0v) is 17.7. The highest BCUT2D eigenvalue weighted by molar-refractivity contribution is 6.64. The van der Waals surface area contributed by atoms with E-state index in [1.807, 2.05) is 26.8 Å². The first kappa shape index (κ1) is 21.7. The van der Waals surface area contributed by atoms with E-state index in [-0.39, 0.29) is 11.2 Å². The van der Waals surface area contributed by atoms with Gasteiger partial charge in [0.15, 0.2) is 0 Å². The monoisotopic (exact) mass is 376 g/mol. The summed E-state index contributed by atoms with van der Waals surface area (Å²) in [6.45, 7) is 14.0. The molecular formula is C20H33BN2O4. The highest BCUT2D eigenvalue weighted by atomic mass is 16.7. The molecule has 7 heteroatoms. The molecule has 0 aliphatic carbocycles. The van der Waals surface area contributed by atoms with Crippen molar-refractivity contribution >= 4 is 24.4 Å². The average molecular weight is 376 g/mol. The fraction of sp³-hybridized carbons (Fsp3) is 0.700. The van der Waals surface area contributed by atoms with Crippen LogP contribution in [0.15, 0.2) is 18.5 Å². The van der Waals surface area contributed by atoms with E-state index in [0.717, 1.165) is 31.1 Å². The molecular weight excluding hydrogens is 343 g/mol. The summed E-state index contributed by atoms with van der Waals surface area (Å²) in [4.78, 5) is 16.4. The number of aromatic nitrogens is 1. The van der Waals surface area contributed by atoms with E-state index >= 15 is 0 Å². The van der Waals surface area contributed by atoms with E-state index in [9.17, 15) is 4.79 Å². The van der Waals surface area contributed by atoms with Crippen LogP contribution in [-0.4, -0.2) is 35.0 Å². The van der Waals surface area contributed by atoms with Crippen molar-refractivity contribution in [3.8, 4) is 0 Å². The Balaban J connectivity index is 2.33. The number of ether oxygens (including phenoxy) is 1. The van der Waals surface area contributed by atoms with Crippen LogP contribution in [0.5, 0.6) is 0 Å². The summed E-state index contributed by atoms with van der Waals surface area (Å²) in [7, 11) is -0.558. The highest BCUT2D eigenvalue weighted by Crippen LogP contribution is 2.47. The quantitative estimate of drug-likeness (QED) is 0.750. The summed E-state index contributed by atoms with van der Waals surface area (Å²) in [5, 5.41) is 2.79. The molecule has 0 radical (unpaired) electrons. The number of amides is 1. The van der Waals surface area contributed by atoms with Crippen molar-refractivity contribution < 1.29 is 18.8 Å². The Hall–Kier alpha value is -1.60. The molecule has 1 saturated heterocycles. The van der Waals surface area contributed by atoms with Gasteiger partial charge in [-0.05, 0) is 52.5 Å². The van der Waals surface area contributed by atoms with Crippen molar-refractivity contribution in [3.63, 3.8) is 0 Å². The lowest BCUT2D eigenvalue weighted by Gasteiger charge is -2.42. The molecule has 0 saturated carbocycles. The Bertz CT molecular complexity index is 632. The lowest BCUT2D eigenvalue weighted by molar-refractivity contribution is -0.0601. The molecule has 1 fully saturated rings. The van der Waals surface area contributed by atoms with Gasteiger partial charge in [0.25, 0.3) is 0 Å². The van der Waals surface area contributed by atoms with Crippen LogP contribution in [0.4, 0.5) is 10.5 Å². The minimum atomic E-state index is -0.577. The van der Waals surface area contributed by atoms with E-state index in [1.54, 1.807) is 12.4 Å². The van der Waals surface area contributed by atoms with Gasteiger partial charge in [0, 0.05) is 11.7 Å². The van der Waals surface area contributed by atoms with Crippen LogP contribution in [0.2, 0.25) is 0 Å². The van der Waals surface area contributed by atoms with Crippen molar-refractivity contribution in [2.45, 2.75) is 91.0 Å². The number of rotatable bonds is 6. The van der Waals surface area contributed by atoms with Crippen molar-refractivity contribution in [2.75, 3.05) is 5.32 Å². The van der Waals surface area contributed by atoms with Crippen molar-refractivity contribution in [1.82, 2.24) is 4.98 Å². The number of pyridine rings is 1. The van der Waals surface area contributed by atoms with Crippen LogP contribution >= 0.6 is 0 Å². The second-order valence-corrected chi connectivity index (χ2v) is 8.06. The summed E-state index contributed by atoms with van der Waals surface area (Å²) < 4.78 is 18.4. The Morgan fingerprint density at radius 3 is 2.07 bits per heavy atom. The molecule has 1 aromatic heterocycles. The first-order valence-corrected chi connectivity index (χ1v) is 9.95. The third-order valence-electron chi connectivity index (χ3n) is 5.52. The minimum Gasteiger partial charge on any atom is -0.444 e. The molecule has 2 heterocycles. The van der Waals surface area contributed by atoms with Gasteiger partial charge in [0.1, 0.15) is 5.60 Å². The number of carbonyl (C=O) groups is 1. The maximum absolute atomic E-state index is 12.2. The second-order valence-electron chi connectivity index (χ2n) is 8.06. The number of hydrogen-bond acceptors (Lipinski definition) is 5. The van der Waals surface area contributed by atoms with Gasteiger partial charge >= 0.3 is 13.2 Å². The fourth-order valence-electron chi connectivity index (χ4n) is 4.03. The van der Waals surface area contributed by atoms with Gasteiger partial charge in [-0.2, -0.15) is 0 Å². The van der Waals surface area contributed by atoms with Crippen molar-refractivity contribution in [2.24, 2.45) is 0 Å². The molecule has 0 spiro atoms. The number of nitrogens with one attached hydrogen (secondary N) is 1. The Labute approximate surface area is 163 Å². The first-order chi connectivity index (χ1) is 12.7. The fourth-order valence-corrected chi connectivity index (χ4v) is 4.03. The van der Waals surface area contributed by atoms with Gasteiger partial charge in [0.2, 0.25) is 0 Å². The number of nitrogens with zero attached hydrogens (tertiary/aromatic N) is 1. The number of anilines is 1. The molecule has 1 amide bonds. The standard InChI is InChI=1S/C20H33BN2O4/c1-8-19(9-2)20(10-3,11-4)27-21(26-19)15-12-13-22-14-16(15)23-17(24)25-18(5,6)7/h12-14H,8-11H2,1-7H3,(H,23,24). The van der Waals surface area contributed by atoms with Gasteiger partial charge in [-0.1, -0.05) is 27.7 Å². The SMILES string of the molecule is CCC1(CC)OB(c2ccncc2NC(=O)OC(C)(C)C)OC1(CC)CC. The molecule has 2 rings (SSSR count). The molecule has 1 aliphatic heterocycles. The summed E-state index contributed by atoms with van der Waals surface area (Å²) in [6, 6.07) is 1.83. The largest absolute Gasteiger partial charge is 0.497 e. The lowest BCUT2D eigenvalue weighted by atomic mass is 9.75. The third-order valence-corrected chi connectivity index (χ3v) is 5.52. The molecule has 1 aromatic rings. The normalized spacial score (nSPS) is 18.4. The summed E-state index contributed by atoms with van der Waals surface area (Å²) in [5.41, 5.74) is 0.0134. The van der Waals surface area contributed by atoms with E-state index < -0.39 is 18.8 Å². The molecule has 0 bridgehead atoms. The molecule has 0 unspecified atom stereocenters. The van der Waals surface area contributed by atoms with Crippen LogP contribution in [0.1, 0.15) is 74.1 Å². The smallest absolute Gasteiger partial charge is 0.444 e. The molecule has 0 atom stereocenters. The van der Waals surface area contributed by atoms with E-state index in [2.05, 4.69) is 38.0 Å². The Kier molecular flexibility index (Phi) is 6.58. The summed E-state index contributed by atoms with van der Waals surface area (Å²) in [5.74, 6) is 0. The van der Waals surface area contributed by atoms with Gasteiger partial charge in [-0.3, -0.25) is 10.3 Å². The predicted octanol–water partition coefficient (Wildman–Crippen LogP) is 4.29. The third kappa shape index (κ3) is 4.30. The Morgan fingerprint density at radius 1 is 1.11 bits per heavy atom. The molecule has 150 valence electrons. The lowest BCUT2D eigenvalue weighted by Crippen LogP contribution is -2.50. The Morgan fingerprint density at radius 2 is 1.63 bits per heavy atom. The number of hydrogen-bond donors (Lipinski definition) is 1. The van der Waals surface area contributed by atoms with Crippen molar-refractivity contribution in [3.05, 3.63) is 18.5 Å². The maximum Gasteiger partial charge on any atom is 0.497 e. The molecule has 6 nitrogen and oxygen atoms in total. The molecule has 1 N–H and O–H groups in total. The number of carbonyl (C=O) groups excluding carboxylic acids is 1. The van der Waals surface area contributed by atoms with Crippen LogP contribution < -0.4 is 10.8 Å². The van der Waals surface area contributed by atoms with Crippen LogP contribution in [0.3, 0.4) is 0 Å². The second kappa shape index (κ2) is 8.19. The zero-order valence-electron chi connectivity index (χ0n) is 17.7. The summed E-state index contributed by atoms with van der Waals surface area (Å²) >= 11 is 0. The topological polar surface area (TPSA) is 69.7 Å². The summed E-state index contributed by atoms with van der Waals surface area (Å²) in [6.07, 6.45) is 6.21. The molecule has 27 heavy (non-hydrogen) atoms. The van der Waals surface area contributed by atoms with Crippen LogP contribution in [0, 0.1) is 0 Å². The average Bonchev–Trinajstić information content (AvgIpc) is 2.96. The zero-order chi connectivity index (χ0) is 20.3. The van der Waals surface area contributed by atoms with E-state index in [1.165, 1.54) is 0 Å². The molecule has 0 aromatic carbocycles. The molecule has 1 aliphatic rings. The van der Waals surface area contributed by atoms with Crippen molar-refractivity contribution in [1.29, 1.82) is 0 Å². The van der Waals surface area contributed by atoms with Gasteiger partial charge in [0.05, 0.1) is 23.1 Å². The maximum atomic E-state index is 12.2. The van der Waals surface area contributed by atoms with Gasteiger partial charge in [-0.25, -0.2) is 4.79 Å². The predicted molar refractivity (Wildman–Crippen MR) is 108 cm³/mol. The highest BCUT2D eigenvalue weighted by Gasteiger charge is 2.58. The first-order valence-electron chi connectivity index (χ1n) is 9.95. The van der Waals surface area contributed by atoms with Gasteiger partial charge < -0.3 is 14.0 Å². The minimum absolute atomic E-state index is 0.354. The van der Waals surface area contributed by atoms with E-state index in [4.69, 9.17) is 14.0 Å². The van der Waals surface area contributed by atoms with Crippen LogP contribution in [0.25, 0.3) is 0 Å². The van der Waals surface area contributed by atoms with Crippen LogP contribution in [-0.2, 0) is 14.0 Å². The van der Waals surface area contributed by atoms with E-state index in [0.29, 0.717) is 5.69 Å². The van der Waals surface area contributed by atoms with Gasteiger partial charge in [-0.15, -0.1) is 0 Å².